The Bertz CT molecular complexity index is 627. The number of ether oxygens (including phenoxy) is 2. The standard InChI is InChI=1S/C18H20O3/c1-12(2)20-16-10-8-15(9-11-16)18(19)21-17-7-5-6-13(3)14(17)4/h5-12H,1-4H3. The number of benzene rings is 2. The Hall–Kier alpha value is -2.29. The number of hydrogen-bond acceptors (Lipinski definition) is 3. The van der Waals surface area contributed by atoms with Crippen LogP contribution in [0.25, 0.3) is 0 Å². The molecule has 0 saturated carbocycles. The average Bonchev–Trinajstić information content (AvgIpc) is 2.44. The van der Waals surface area contributed by atoms with Crippen LogP contribution < -0.4 is 9.47 Å². The predicted molar refractivity (Wildman–Crippen MR) is 83.1 cm³/mol. The normalized spacial score (nSPS) is 10.5. The Kier molecular flexibility index (Phi) is 4.63. The van der Waals surface area contributed by atoms with Gasteiger partial charge in [-0.2, -0.15) is 0 Å². The first-order valence-corrected chi connectivity index (χ1v) is 7.02. The van der Waals surface area contributed by atoms with Crippen LogP contribution in [-0.2, 0) is 0 Å². The van der Waals surface area contributed by atoms with Gasteiger partial charge < -0.3 is 9.47 Å². The van der Waals surface area contributed by atoms with Crippen LogP contribution in [0.1, 0.15) is 35.3 Å². The van der Waals surface area contributed by atoms with Crippen molar-refractivity contribution in [2.75, 3.05) is 0 Å². The first-order valence-electron chi connectivity index (χ1n) is 7.02. The first-order chi connectivity index (χ1) is 9.97. The zero-order valence-electron chi connectivity index (χ0n) is 12.8. The highest BCUT2D eigenvalue weighted by Crippen LogP contribution is 2.22. The fourth-order valence-corrected chi connectivity index (χ4v) is 1.94. The maximum absolute atomic E-state index is 12.1. The molecule has 0 unspecified atom stereocenters. The van der Waals surface area contributed by atoms with Gasteiger partial charge in [0.1, 0.15) is 11.5 Å². The molecule has 2 rings (SSSR count). The SMILES string of the molecule is Cc1cccc(OC(=O)c2ccc(OC(C)C)cc2)c1C. The summed E-state index contributed by atoms with van der Waals surface area (Å²) in [5.74, 6) is 0.982. The molecule has 21 heavy (non-hydrogen) atoms. The fraction of sp³-hybridized carbons (Fsp3) is 0.278. The lowest BCUT2D eigenvalue weighted by Crippen LogP contribution is -2.10. The average molecular weight is 284 g/mol. The minimum Gasteiger partial charge on any atom is -0.491 e. The topological polar surface area (TPSA) is 35.5 Å². The quantitative estimate of drug-likeness (QED) is 0.620. The Labute approximate surface area is 125 Å². The van der Waals surface area contributed by atoms with E-state index >= 15 is 0 Å². The van der Waals surface area contributed by atoms with E-state index in [-0.39, 0.29) is 12.1 Å². The maximum Gasteiger partial charge on any atom is 0.343 e. The second kappa shape index (κ2) is 6.44. The van der Waals surface area contributed by atoms with Gasteiger partial charge in [0.25, 0.3) is 0 Å². The molecule has 2 aromatic carbocycles. The number of esters is 1. The molecule has 0 aliphatic rings. The van der Waals surface area contributed by atoms with Crippen molar-refractivity contribution in [3.05, 3.63) is 59.2 Å². The summed E-state index contributed by atoms with van der Waals surface area (Å²) in [6.45, 7) is 7.85. The maximum atomic E-state index is 12.1. The summed E-state index contributed by atoms with van der Waals surface area (Å²) >= 11 is 0. The molecule has 0 heterocycles. The molecule has 0 fully saturated rings. The molecular formula is C18H20O3. The van der Waals surface area contributed by atoms with Gasteiger partial charge in [0.05, 0.1) is 11.7 Å². The molecule has 3 nitrogen and oxygen atoms in total. The third-order valence-electron chi connectivity index (χ3n) is 3.22. The summed E-state index contributed by atoms with van der Waals surface area (Å²) in [7, 11) is 0. The van der Waals surface area contributed by atoms with Gasteiger partial charge in [-0.1, -0.05) is 12.1 Å². The highest BCUT2D eigenvalue weighted by atomic mass is 16.5. The van der Waals surface area contributed by atoms with Crippen molar-refractivity contribution in [1.29, 1.82) is 0 Å². The summed E-state index contributed by atoms with van der Waals surface area (Å²) in [6, 6.07) is 12.7. The van der Waals surface area contributed by atoms with E-state index in [0.717, 1.165) is 16.9 Å². The molecule has 0 aliphatic heterocycles. The Morgan fingerprint density at radius 2 is 1.67 bits per heavy atom. The summed E-state index contributed by atoms with van der Waals surface area (Å²) in [6.07, 6.45) is 0.109. The van der Waals surface area contributed by atoms with Crippen molar-refractivity contribution in [2.45, 2.75) is 33.8 Å². The Morgan fingerprint density at radius 3 is 2.29 bits per heavy atom. The van der Waals surface area contributed by atoms with Crippen LogP contribution >= 0.6 is 0 Å². The zero-order chi connectivity index (χ0) is 15.4. The predicted octanol–water partition coefficient (Wildman–Crippen LogP) is 4.31. The van der Waals surface area contributed by atoms with Gasteiger partial charge in [-0.25, -0.2) is 4.79 Å². The smallest absolute Gasteiger partial charge is 0.343 e. The summed E-state index contributed by atoms with van der Waals surface area (Å²) in [4.78, 5) is 12.1. The molecule has 0 amide bonds. The molecule has 0 aromatic heterocycles. The van der Waals surface area contributed by atoms with Crippen molar-refractivity contribution in [2.24, 2.45) is 0 Å². The Balaban J connectivity index is 2.11. The minimum atomic E-state index is -0.361. The molecule has 0 bridgehead atoms. The molecule has 0 spiro atoms. The van der Waals surface area contributed by atoms with Gasteiger partial charge in [0.15, 0.2) is 0 Å². The van der Waals surface area contributed by atoms with Gasteiger partial charge in [0.2, 0.25) is 0 Å². The lowest BCUT2D eigenvalue weighted by atomic mass is 10.1. The number of rotatable bonds is 4. The van der Waals surface area contributed by atoms with Crippen molar-refractivity contribution in [3.8, 4) is 11.5 Å². The van der Waals surface area contributed by atoms with Crippen LogP contribution in [0.5, 0.6) is 11.5 Å². The number of hydrogen-bond donors (Lipinski definition) is 0. The third kappa shape index (κ3) is 3.85. The summed E-state index contributed by atoms with van der Waals surface area (Å²) in [5, 5.41) is 0. The van der Waals surface area contributed by atoms with E-state index in [1.807, 2.05) is 39.8 Å². The van der Waals surface area contributed by atoms with Crippen molar-refractivity contribution in [1.82, 2.24) is 0 Å². The van der Waals surface area contributed by atoms with Gasteiger partial charge in [-0.15, -0.1) is 0 Å². The molecule has 0 radical (unpaired) electrons. The van der Waals surface area contributed by atoms with Crippen molar-refractivity contribution >= 4 is 5.97 Å². The van der Waals surface area contributed by atoms with E-state index in [0.29, 0.717) is 11.3 Å². The lowest BCUT2D eigenvalue weighted by molar-refractivity contribution is 0.0733. The second-order valence-corrected chi connectivity index (χ2v) is 5.28. The number of carbonyl (C=O) groups is 1. The van der Waals surface area contributed by atoms with E-state index < -0.39 is 0 Å². The Morgan fingerprint density at radius 1 is 1.00 bits per heavy atom. The fourth-order valence-electron chi connectivity index (χ4n) is 1.94. The molecule has 110 valence electrons. The lowest BCUT2D eigenvalue weighted by Gasteiger charge is -2.11. The highest BCUT2D eigenvalue weighted by Gasteiger charge is 2.11. The van der Waals surface area contributed by atoms with Crippen LogP contribution in [0, 0.1) is 13.8 Å². The number of carbonyl (C=O) groups excluding carboxylic acids is 1. The van der Waals surface area contributed by atoms with Crippen LogP contribution in [-0.4, -0.2) is 12.1 Å². The number of aryl methyl sites for hydroxylation is 1. The molecule has 3 heteroatoms. The molecule has 0 aliphatic carbocycles. The third-order valence-corrected chi connectivity index (χ3v) is 3.22. The van der Waals surface area contributed by atoms with Crippen LogP contribution in [0.2, 0.25) is 0 Å². The van der Waals surface area contributed by atoms with Gasteiger partial charge in [0, 0.05) is 0 Å². The van der Waals surface area contributed by atoms with E-state index in [1.165, 1.54) is 0 Å². The van der Waals surface area contributed by atoms with E-state index in [1.54, 1.807) is 30.3 Å². The monoisotopic (exact) mass is 284 g/mol. The molecule has 0 N–H and O–H groups in total. The van der Waals surface area contributed by atoms with Gasteiger partial charge in [-0.3, -0.25) is 0 Å². The molecule has 0 atom stereocenters. The van der Waals surface area contributed by atoms with Crippen LogP contribution in [0.15, 0.2) is 42.5 Å². The van der Waals surface area contributed by atoms with E-state index in [2.05, 4.69) is 0 Å². The first kappa shape index (κ1) is 15.1. The van der Waals surface area contributed by atoms with Crippen LogP contribution in [0.3, 0.4) is 0 Å². The minimum absolute atomic E-state index is 0.109. The van der Waals surface area contributed by atoms with Crippen LogP contribution in [0.4, 0.5) is 0 Å². The van der Waals surface area contributed by atoms with E-state index in [4.69, 9.17) is 9.47 Å². The van der Waals surface area contributed by atoms with Gasteiger partial charge >= 0.3 is 5.97 Å². The summed E-state index contributed by atoms with van der Waals surface area (Å²) in [5.41, 5.74) is 2.58. The molecule has 2 aromatic rings. The molecular weight excluding hydrogens is 264 g/mol. The van der Waals surface area contributed by atoms with Crippen molar-refractivity contribution < 1.29 is 14.3 Å². The largest absolute Gasteiger partial charge is 0.491 e. The molecule has 0 saturated heterocycles. The summed E-state index contributed by atoms with van der Waals surface area (Å²) < 4.78 is 11.0. The van der Waals surface area contributed by atoms with E-state index in [9.17, 15) is 4.79 Å². The van der Waals surface area contributed by atoms with Crippen molar-refractivity contribution in [3.63, 3.8) is 0 Å². The van der Waals surface area contributed by atoms with Gasteiger partial charge in [-0.05, 0) is 69.2 Å². The highest BCUT2D eigenvalue weighted by molar-refractivity contribution is 5.91. The zero-order valence-corrected chi connectivity index (χ0v) is 12.8. The second-order valence-electron chi connectivity index (χ2n) is 5.28.